The van der Waals surface area contributed by atoms with Crippen LogP contribution >= 0.6 is 11.6 Å². The summed E-state index contributed by atoms with van der Waals surface area (Å²) in [5.74, 6) is 1.57. The Hall–Kier alpha value is -1.02. The second kappa shape index (κ2) is 7.68. The summed E-state index contributed by atoms with van der Waals surface area (Å²) in [4.78, 5) is 12.0. The number of rotatable bonds is 5. The molecule has 1 fully saturated rings. The van der Waals surface area contributed by atoms with E-state index in [9.17, 15) is 4.79 Å². The molecule has 1 aromatic carbocycles. The zero-order chi connectivity index (χ0) is 14.4. The molecule has 1 aromatic rings. The molecule has 0 heterocycles. The van der Waals surface area contributed by atoms with Crippen molar-refractivity contribution in [2.24, 2.45) is 11.8 Å². The maximum Gasteiger partial charge on any atom is 0.242 e. The Morgan fingerprint density at radius 1 is 1.25 bits per heavy atom. The van der Waals surface area contributed by atoms with E-state index in [1.807, 2.05) is 30.3 Å². The molecule has 0 radical (unpaired) electrons. The van der Waals surface area contributed by atoms with Gasteiger partial charge in [0.15, 0.2) is 0 Å². The Labute approximate surface area is 126 Å². The maximum absolute atomic E-state index is 12.0. The molecule has 1 aliphatic rings. The van der Waals surface area contributed by atoms with Crippen LogP contribution in [-0.4, -0.2) is 12.5 Å². The molecule has 3 heteroatoms. The largest absolute Gasteiger partial charge is 0.355 e. The van der Waals surface area contributed by atoms with E-state index in [1.165, 1.54) is 25.7 Å². The second-order valence-electron chi connectivity index (χ2n) is 5.98. The SMILES string of the molecule is CC1CCC(CCNC(=O)C(Cl)c2ccccc2)CC1. The van der Waals surface area contributed by atoms with Gasteiger partial charge in [-0.15, -0.1) is 11.6 Å². The fraction of sp³-hybridized carbons (Fsp3) is 0.588. The van der Waals surface area contributed by atoms with Crippen LogP contribution in [0.4, 0.5) is 0 Å². The van der Waals surface area contributed by atoms with Gasteiger partial charge in [-0.25, -0.2) is 0 Å². The molecule has 0 spiro atoms. The quantitative estimate of drug-likeness (QED) is 0.806. The van der Waals surface area contributed by atoms with Gasteiger partial charge in [0.25, 0.3) is 0 Å². The highest BCUT2D eigenvalue weighted by molar-refractivity contribution is 6.30. The van der Waals surface area contributed by atoms with Crippen molar-refractivity contribution in [1.29, 1.82) is 0 Å². The number of benzene rings is 1. The van der Waals surface area contributed by atoms with E-state index in [2.05, 4.69) is 12.2 Å². The van der Waals surface area contributed by atoms with Gasteiger partial charge in [-0.3, -0.25) is 4.79 Å². The van der Waals surface area contributed by atoms with Crippen molar-refractivity contribution in [3.05, 3.63) is 35.9 Å². The lowest BCUT2D eigenvalue weighted by Crippen LogP contribution is -2.29. The summed E-state index contributed by atoms with van der Waals surface area (Å²) in [6.07, 6.45) is 6.36. The van der Waals surface area contributed by atoms with Crippen molar-refractivity contribution in [2.75, 3.05) is 6.54 Å². The Morgan fingerprint density at radius 3 is 2.55 bits per heavy atom. The van der Waals surface area contributed by atoms with Crippen LogP contribution in [0.1, 0.15) is 50.0 Å². The van der Waals surface area contributed by atoms with E-state index in [-0.39, 0.29) is 5.91 Å². The summed E-state index contributed by atoms with van der Waals surface area (Å²) in [6.45, 7) is 3.07. The van der Waals surface area contributed by atoms with Crippen LogP contribution in [0.3, 0.4) is 0 Å². The molecule has 20 heavy (non-hydrogen) atoms. The van der Waals surface area contributed by atoms with Crippen LogP contribution in [0, 0.1) is 11.8 Å². The minimum atomic E-state index is -0.581. The van der Waals surface area contributed by atoms with Gasteiger partial charge in [0.2, 0.25) is 5.91 Å². The highest BCUT2D eigenvalue weighted by Crippen LogP contribution is 2.30. The van der Waals surface area contributed by atoms with Gasteiger partial charge in [0.05, 0.1) is 0 Å². The number of nitrogens with one attached hydrogen (secondary N) is 1. The molecule has 1 aliphatic carbocycles. The number of hydrogen-bond donors (Lipinski definition) is 1. The molecule has 0 saturated heterocycles. The van der Waals surface area contributed by atoms with E-state index in [1.54, 1.807) is 0 Å². The van der Waals surface area contributed by atoms with Crippen LogP contribution in [0.5, 0.6) is 0 Å². The van der Waals surface area contributed by atoms with Crippen LogP contribution in [0.25, 0.3) is 0 Å². The molecule has 0 bridgehead atoms. The molecular weight excluding hydrogens is 270 g/mol. The Balaban J connectivity index is 1.70. The van der Waals surface area contributed by atoms with Gasteiger partial charge in [-0.2, -0.15) is 0 Å². The predicted molar refractivity (Wildman–Crippen MR) is 83.8 cm³/mol. The molecule has 0 aliphatic heterocycles. The number of alkyl halides is 1. The number of hydrogen-bond acceptors (Lipinski definition) is 1. The monoisotopic (exact) mass is 293 g/mol. The van der Waals surface area contributed by atoms with Crippen molar-refractivity contribution in [1.82, 2.24) is 5.32 Å². The number of amides is 1. The van der Waals surface area contributed by atoms with Crippen molar-refractivity contribution in [3.8, 4) is 0 Å². The van der Waals surface area contributed by atoms with Crippen LogP contribution in [0.2, 0.25) is 0 Å². The van der Waals surface area contributed by atoms with Crippen molar-refractivity contribution in [3.63, 3.8) is 0 Å². The molecule has 1 saturated carbocycles. The normalized spacial score (nSPS) is 24.1. The summed E-state index contributed by atoms with van der Waals surface area (Å²) in [6, 6.07) is 9.51. The molecule has 1 atom stereocenters. The first-order valence-corrected chi connectivity index (χ1v) is 8.07. The molecule has 110 valence electrons. The van der Waals surface area contributed by atoms with Crippen molar-refractivity contribution < 1.29 is 4.79 Å². The zero-order valence-electron chi connectivity index (χ0n) is 12.1. The van der Waals surface area contributed by atoms with Gasteiger partial charge >= 0.3 is 0 Å². The first-order chi connectivity index (χ1) is 9.66. The predicted octanol–water partition coefficient (Wildman–Crippen LogP) is 4.30. The fourth-order valence-electron chi connectivity index (χ4n) is 2.88. The van der Waals surface area contributed by atoms with Crippen LogP contribution in [0.15, 0.2) is 30.3 Å². The fourth-order valence-corrected chi connectivity index (χ4v) is 3.10. The third kappa shape index (κ3) is 4.52. The molecular formula is C17H24ClNO. The molecule has 2 nitrogen and oxygen atoms in total. The first kappa shape index (κ1) is 15.4. The Morgan fingerprint density at radius 2 is 1.90 bits per heavy atom. The summed E-state index contributed by atoms with van der Waals surface area (Å²) >= 11 is 6.19. The van der Waals surface area contributed by atoms with E-state index in [0.717, 1.165) is 30.4 Å². The van der Waals surface area contributed by atoms with Gasteiger partial charge in [0.1, 0.15) is 5.38 Å². The average Bonchev–Trinajstić information content (AvgIpc) is 2.49. The summed E-state index contributed by atoms with van der Waals surface area (Å²) in [5.41, 5.74) is 0.859. The highest BCUT2D eigenvalue weighted by Gasteiger charge is 2.20. The van der Waals surface area contributed by atoms with Crippen LogP contribution in [-0.2, 0) is 4.79 Å². The molecule has 2 rings (SSSR count). The maximum atomic E-state index is 12.0. The van der Waals surface area contributed by atoms with E-state index < -0.39 is 5.38 Å². The van der Waals surface area contributed by atoms with Crippen molar-refractivity contribution >= 4 is 17.5 Å². The summed E-state index contributed by atoms with van der Waals surface area (Å²) in [5, 5.41) is 2.39. The Kier molecular flexibility index (Phi) is 5.90. The molecule has 1 amide bonds. The summed E-state index contributed by atoms with van der Waals surface area (Å²) < 4.78 is 0. The third-order valence-corrected chi connectivity index (χ3v) is 4.76. The van der Waals surface area contributed by atoms with Gasteiger partial charge in [0, 0.05) is 6.54 Å². The van der Waals surface area contributed by atoms with Crippen LogP contribution < -0.4 is 5.32 Å². The van der Waals surface area contributed by atoms with Gasteiger partial charge < -0.3 is 5.32 Å². The third-order valence-electron chi connectivity index (χ3n) is 4.31. The Bertz CT molecular complexity index is 412. The number of halogens is 1. The average molecular weight is 294 g/mol. The standard InChI is InChI=1S/C17H24ClNO/c1-13-7-9-14(10-8-13)11-12-19-17(20)16(18)15-5-3-2-4-6-15/h2-6,13-14,16H,7-12H2,1H3,(H,19,20). The molecule has 1 unspecified atom stereocenters. The lowest BCUT2D eigenvalue weighted by molar-refractivity contribution is -0.120. The second-order valence-corrected chi connectivity index (χ2v) is 6.42. The lowest BCUT2D eigenvalue weighted by Gasteiger charge is -2.26. The minimum Gasteiger partial charge on any atom is -0.355 e. The molecule has 0 aromatic heterocycles. The topological polar surface area (TPSA) is 29.1 Å². The zero-order valence-corrected chi connectivity index (χ0v) is 12.9. The smallest absolute Gasteiger partial charge is 0.242 e. The minimum absolute atomic E-state index is 0.0814. The van der Waals surface area contributed by atoms with Gasteiger partial charge in [-0.05, 0) is 23.8 Å². The lowest BCUT2D eigenvalue weighted by atomic mass is 9.81. The number of carbonyl (C=O) groups is 1. The van der Waals surface area contributed by atoms with E-state index >= 15 is 0 Å². The van der Waals surface area contributed by atoms with Gasteiger partial charge in [-0.1, -0.05) is 62.9 Å². The van der Waals surface area contributed by atoms with E-state index in [4.69, 9.17) is 11.6 Å². The first-order valence-electron chi connectivity index (χ1n) is 7.63. The number of carbonyl (C=O) groups excluding carboxylic acids is 1. The van der Waals surface area contributed by atoms with E-state index in [0.29, 0.717) is 0 Å². The summed E-state index contributed by atoms with van der Waals surface area (Å²) in [7, 11) is 0. The van der Waals surface area contributed by atoms with Crippen molar-refractivity contribution in [2.45, 2.75) is 44.4 Å². The highest BCUT2D eigenvalue weighted by atomic mass is 35.5. The molecule has 1 N–H and O–H groups in total.